The van der Waals surface area contributed by atoms with Crippen molar-refractivity contribution in [2.24, 2.45) is 11.8 Å². The van der Waals surface area contributed by atoms with Gasteiger partial charge >= 0.3 is 0 Å². The summed E-state index contributed by atoms with van der Waals surface area (Å²) in [5.41, 5.74) is 0. The van der Waals surface area contributed by atoms with Gasteiger partial charge in [0.25, 0.3) is 0 Å². The monoisotopic (exact) mass is 197 g/mol. The van der Waals surface area contributed by atoms with Gasteiger partial charge in [-0.05, 0) is 44.2 Å². The van der Waals surface area contributed by atoms with Gasteiger partial charge < -0.3 is 10.1 Å². The van der Waals surface area contributed by atoms with Gasteiger partial charge in [0.05, 0.1) is 0 Å². The largest absolute Gasteiger partial charge is 0.384 e. The molecule has 0 bridgehead atoms. The maximum atomic E-state index is 5.09. The molecule has 2 heteroatoms. The van der Waals surface area contributed by atoms with E-state index >= 15 is 0 Å². The Morgan fingerprint density at radius 2 is 2.36 bits per heavy atom. The predicted molar refractivity (Wildman–Crippen MR) is 60.4 cm³/mol. The van der Waals surface area contributed by atoms with Crippen molar-refractivity contribution in [2.45, 2.75) is 26.2 Å². The molecule has 1 aliphatic rings. The van der Waals surface area contributed by atoms with E-state index in [0.717, 1.165) is 19.1 Å². The summed E-state index contributed by atoms with van der Waals surface area (Å²) in [7, 11) is 1.77. The third-order valence-electron chi connectivity index (χ3n) is 2.75. The second kappa shape index (κ2) is 7.02. The number of hydrogen-bond donors (Lipinski definition) is 1. The molecule has 2 unspecified atom stereocenters. The van der Waals surface area contributed by atoms with Crippen LogP contribution >= 0.6 is 0 Å². The van der Waals surface area contributed by atoms with Crippen LogP contribution in [0.25, 0.3) is 0 Å². The van der Waals surface area contributed by atoms with E-state index in [9.17, 15) is 0 Å². The van der Waals surface area contributed by atoms with Crippen molar-refractivity contribution in [1.82, 2.24) is 5.32 Å². The van der Waals surface area contributed by atoms with Gasteiger partial charge in [-0.1, -0.05) is 19.1 Å². The number of rotatable bonds is 6. The molecule has 0 aromatic rings. The Morgan fingerprint density at radius 3 is 3.00 bits per heavy atom. The summed E-state index contributed by atoms with van der Waals surface area (Å²) < 4.78 is 5.09. The van der Waals surface area contributed by atoms with E-state index in [1.165, 1.54) is 25.8 Å². The maximum Gasteiger partial charge on any atom is 0.0499 e. The van der Waals surface area contributed by atoms with Gasteiger partial charge in [-0.25, -0.2) is 0 Å². The molecule has 2 nitrogen and oxygen atoms in total. The first kappa shape index (κ1) is 11.7. The van der Waals surface area contributed by atoms with Crippen molar-refractivity contribution in [3.63, 3.8) is 0 Å². The van der Waals surface area contributed by atoms with Crippen LogP contribution in [0, 0.1) is 11.8 Å². The van der Waals surface area contributed by atoms with E-state index in [4.69, 9.17) is 4.74 Å². The summed E-state index contributed by atoms with van der Waals surface area (Å²) in [5, 5.41) is 3.53. The zero-order valence-corrected chi connectivity index (χ0v) is 9.46. The number of methoxy groups -OCH3 is 1. The van der Waals surface area contributed by atoms with Gasteiger partial charge in [0.2, 0.25) is 0 Å². The Morgan fingerprint density at radius 1 is 1.50 bits per heavy atom. The molecule has 0 aromatic heterocycles. The van der Waals surface area contributed by atoms with E-state index in [-0.39, 0.29) is 0 Å². The lowest BCUT2D eigenvalue weighted by Gasteiger charge is -2.19. The SMILES string of the molecule is COCC(C)CNCC1CC=CCC1. The molecule has 0 amide bonds. The van der Waals surface area contributed by atoms with Crippen LogP contribution in [0.3, 0.4) is 0 Å². The molecule has 1 aliphatic carbocycles. The lowest BCUT2D eigenvalue weighted by atomic mass is 9.94. The Balaban J connectivity index is 2.00. The molecule has 14 heavy (non-hydrogen) atoms. The zero-order chi connectivity index (χ0) is 10.2. The number of ether oxygens (including phenoxy) is 1. The highest BCUT2D eigenvalue weighted by Crippen LogP contribution is 2.16. The fraction of sp³-hybridized carbons (Fsp3) is 0.833. The van der Waals surface area contributed by atoms with Crippen LogP contribution in [-0.4, -0.2) is 26.8 Å². The van der Waals surface area contributed by atoms with E-state index in [1.807, 2.05) is 0 Å². The Bertz CT molecular complexity index is 168. The second-order valence-corrected chi connectivity index (χ2v) is 4.37. The van der Waals surface area contributed by atoms with E-state index in [1.54, 1.807) is 7.11 Å². The predicted octanol–water partition coefficient (Wildman–Crippen LogP) is 2.21. The highest BCUT2D eigenvalue weighted by atomic mass is 16.5. The first-order valence-electron chi connectivity index (χ1n) is 5.67. The van der Waals surface area contributed by atoms with Gasteiger partial charge in [-0.3, -0.25) is 0 Å². The number of allylic oxidation sites excluding steroid dienone is 2. The minimum atomic E-state index is 0.624. The van der Waals surface area contributed by atoms with Crippen molar-refractivity contribution >= 4 is 0 Å². The van der Waals surface area contributed by atoms with Crippen LogP contribution in [0.4, 0.5) is 0 Å². The van der Waals surface area contributed by atoms with Gasteiger partial charge in [0.1, 0.15) is 0 Å². The molecule has 0 aliphatic heterocycles. The zero-order valence-electron chi connectivity index (χ0n) is 9.46. The van der Waals surface area contributed by atoms with Gasteiger partial charge in [0, 0.05) is 13.7 Å². The normalized spacial score (nSPS) is 23.7. The number of nitrogens with one attached hydrogen (secondary N) is 1. The Kier molecular flexibility index (Phi) is 5.88. The van der Waals surface area contributed by atoms with Crippen LogP contribution in [0.2, 0.25) is 0 Å². The molecule has 0 saturated heterocycles. The van der Waals surface area contributed by atoms with Crippen molar-refractivity contribution in [1.29, 1.82) is 0 Å². The fourth-order valence-corrected chi connectivity index (χ4v) is 1.92. The van der Waals surface area contributed by atoms with E-state index in [0.29, 0.717) is 5.92 Å². The fourth-order valence-electron chi connectivity index (χ4n) is 1.92. The van der Waals surface area contributed by atoms with Gasteiger partial charge in [-0.15, -0.1) is 0 Å². The van der Waals surface area contributed by atoms with Crippen LogP contribution in [0.1, 0.15) is 26.2 Å². The average Bonchev–Trinajstić information content (AvgIpc) is 2.20. The first-order valence-corrected chi connectivity index (χ1v) is 5.67. The van der Waals surface area contributed by atoms with Crippen LogP contribution in [0.15, 0.2) is 12.2 Å². The lowest BCUT2D eigenvalue weighted by molar-refractivity contribution is 0.157. The molecule has 0 heterocycles. The molecule has 1 N–H and O–H groups in total. The van der Waals surface area contributed by atoms with Crippen molar-refractivity contribution < 1.29 is 4.74 Å². The highest BCUT2D eigenvalue weighted by molar-refractivity contribution is 4.90. The lowest BCUT2D eigenvalue weighted by Crippen LogP contribution is -2.29. The van der Waals surface area contributed by atoms with Gasteiger partial charge in [0.15, 0.2) is 0 Å². The number of hydrogen-bond acceptors (Lipinski definition) is 2. The van der Waals surface area contributed by atoms with Gasteiger partial charge in [-0.2, -0.15) is 0 Å². The summed E-state index contributed by atoms with van der Waals surface area (Å²) in [6.45, 7) is 5.32. The highest BCUT2D eigenvalue weighted by Gasteiger charge is 2.09. The molecule has 0 radical (unpaired) electrons. The van der Waals surface area contributed by atoms with Crippen molar-refractivity contribution in [2.75, 3.05) is 26.8 Å². The molecule has 82 valence electrons. The molecule has 0 aromatic carbocycles. The molecular weight excluding hydrogens is 174 g/mol. The quantitative estimate of drug-likeness (QED) is 0.659. The third-order valence-corrected chi connectivity index (χ3v) is 2.75. The van der Waals surface area contributed by atoms with Crippen LogP contribution in [0.5, 0.6) is 0 Å². The smallest absolute Gasteiger partial charge is 0.0499 e. The third kappa shape index (κ3) is 4.77. The second-order valence-electron chi connectivity index (χ2n) is 4.37. The molecule has 1 rings (SSSR count). The standard InChI is InChI=1S/C12H23NO/c1-11(10-14-2)8-13-9-12-6-4-3-5-7-12/h3-4,11-13H,5-10H2,1-2H3. The summed E-state index contributed by atoms with van der Waals surface area (Å²) in [5.74, 6) is 1.48. The topological polar surface area (TPSA) is 21.3 Å². The average molecular weight is 197 g/mol. The minimum absolute atomic E-state index is 0.624. The summed E-state index contributed by atoms with van der Waals surface area (Å²) >= 11 is 0. The molecule has 2 atom stereocenters. The van der Waals surface area contributed by atoms with E-state index < -0.39 is 0 Å². The van der Waals surface area contributed by atoms with Crippen molar-refractivity contribution in [3.05, 3.63) is 12.2 Å². The maximum absolute atomic E-state index is 5.09. The summed E-state index contributed by atoms with van der Waals surface area (Å²) in [6.07, 6.45) is 8.48. The summed E-state index contributed by atoms with van der Waals surface area (Å²) in [6, 6.07) is 0. The van der Waals surface area contributed by atoms with E-state index in [2.05, 4.69) is 24.4 Å². The summed E-state index contributed by atoms with van der Waals surface area (Å²) in [4.78, 5) is 0. The van der Waals surface area contributed by atoms with Crippen LogP contribution in [-0.2, 0) is 4.74 Å². The first-order chi connectivity index (χ1) is 6.83. The Labute approximate surface area is 87.7 Å². The molecule has 0 spiro atoms. The minimum Gasteiger partial charge on any atom is -0.384 e. The van der Waals surface area contributed by atoms with Crippen LogP contribution < -0.4 is 5.32 Å². The molecule has 0 saturated carbocycles. The molecule has 0 fully saturated rings. The van der Waals surface area contributed by atoms with Crippen molar-refractivity contribution in [3.8, 4) is 0 Å². The Hall–Kier alpha value is -0.340. The molecular formula is C12H23NO.